The van der Waals surface area contributed by atoms with Gasteiger partial charge in [0, 0.05) is 6.42 Å². The van der Waals surface area contributed by atoms with Crippen molar-refractivity contribution in [3.05, 3.63) is 42.1 Å². The molecule has 1 aromatic heterocycles. The normalized spacial score (nSPS) is 16.7. The largest absolute Gasteiger partial charge is 0.342 e. The van der Waals surface area contributed by atoms with E-state index >= 15 is 0 Å². The molecule has 100 valence electrons. The number of piperidine rings is 1. The van der Waals surface area contributed by atoms with Gasteiger partial charge in [-0.15, -0.1) is 0 Å². The smallest absolute Gasteiger partial charge is 0.123 e. The van der Waals surface area contributed by atoms with Crippen LogP contribution in [0.2, 0.25) is 0 Å². The molecule has 1 aromatic carbocycles. The number of benzene rings is 1. The summed E-state index contributed by atoms with van der Waals surface area (Å²) in [7, 11) is 0. The lowest BCUT2D eigenvalue weighted by Gasteiger charge is -2.21. The second-order valence-corrected chi connectivity index (χ2v) is 5.15. The maximum atomic E-state index is 12.9. The number of nitrogens with one attached hydrogen (secondary N) is 2. The van der Waals surface area contributed by atoms with Crippen LogP contribution in [-0.4, -0.2) is 23.1 Å². The van der Waals surface area contributed by atoms with Crippen LogP contribution < -0.4 is 5.32 Å². The van der Waals surface area contributed by atoms with Gasteiger partial charge >= 0.3 is 0 Å². The first-order valence-corrected chi connectivity index (χ1v) is 6.82. The van der Waals surface area contributed by atoms with E-state index in [9.17, 15) is 4.39 Å². The van der Waals surface area contributed by atoms with Crippen LogP contribution in [-0.2, 0) is 6.42 Å². The molecule has 0 aliphatic carbocycles. The van der Waals surface area contributed by atoms with E-state index in [-0.39, 0.29) is 5.82 Å². The number of halogens is 1. The second-order valence-electron chi connectivity index (χ2n) is 5.15. The lowest BCUT2D eigenvalue weighted by molar-refractivity contribution is 0.368. The van der Waals surface area contributed by atoms with E-state index in [1.807, 2.05) is 6.20 Å². The summed E-state index contributed by atoms with van der Waals surface area (Å²) in [6.07, 6.45) is 5.27. The highest BCUT2D eigenvalue weighted by Crippen LogP contribution is 2.20. The molecule has 0 amide bonds. The van der Waals surface area contributed by atoms with Crippen LogP contribution in [0.1, 0.15) is 18.7 Å². The van der Waals surface area contributed by atoms with Gasteiger partial charge in [-0.05, 0) is 61.7 Å². The van der Waals surface area contributed by atoms with Crippen molar-refractivity contribution in [2.24, 2.45) is 5.92 Å². The predicted molar refractivity (Wildman–Crippen MR) is 73.3 cm³/mol. The van der Waals surface area contributed by atoms with Gasteiger partial charge in [-0.2, -0.15) is 0 Å². The molecule has 19 heavy (non-hydrogen) atoms. The Morgan fingerprint density at radius 1 is 1.16 bits per heavy atom. The maximum absolute atomic E-state index is 12.9. The SMILES string of the molecule is Fc1ccc(-c2cnc(CC3CCNCC3)[nH]2)cc1. The molecule has 4 heteroatoms. The fourth-order valence-electron chi connectivity index (χ4n) is 2.60. The van der Waals surface area contributed by atoms with Gasteiger partial charge in [0.2, 0.25) is 0 Å². The number of aromatic amines is 1. The van der Waals surface area contributed by atoms with Crippen molar-refractivity contribution in [1.82, 2.24) is 15.3 Å². The Bertz CT molecular complexity index is 527. The van der Waals surface area contributed by atoms with Crippen LogP contribution in [0.5, 0.6) is 0 Å². The summed E-state index contributed by atoms with van der Waals surface area (Å²) in [4.78, 5) is 7.78. The standard InChI is InChI=1S/C15H18FN3/c16-13-3-1-12(2-4-13)14-10-18-15(19-14)9-11-5-7-17-8-6-11/h1-4,10-11,17H,5-9H2,(H,18,19). The van der Waals surface area contributed by atoms with E-state index < -0.39 is 0 Å². The molecule has 2 heterocycles. The molecule has 2 aromatic rings. The Hall–Kier alpha value is -1.68. The molecule has 0 unspecified atom stereocenters. The van der Waals surface area contributed by atoms with Crippen LogP contribution in [0.25, 0.3) is 11.3 Å². The van der Waals surface area contributed by atoms with E-state index in [0.717, 1.165) is 36.6 Å². The molecule has 0 atom stereocenters. The third kappa shape index (κ3) is 3.01. The van der Waals surface area contributed by atoms with Gasteiger partial charge in [-0.3, -0.25) is 0 Å². The predicted octanol–water partition coefficient (Wildman–Crippen LogP) is 2.76. The quantitative estimate of drug-likeness (QED) is 0.890. The van der Waals surface area contributed by atoms with Gasteiger partial charge in [0.25, 0.3) is 0 Å². The number of H-pyrrole nitrogens is 1. The van der Waals surface area contributed by atoms with Gasteiger partial charge in [0.15, 0.2) is 0 Å². The Morgan fingerprint density at radius 3 is 2.63 bits per heavy atom. The third-order valence-corrected chi connectivity index (χ3v) is 3.72. The van der Waals surface area contributed by atoms with E-state index in [1.165, 1.54) is 25.0 Å². The summed E-state index contributed by atoms with van der Waals surface area (Å²) < 4.78 is 12.9. The maximum Gasteiger partial charge on any atom is 0.123 e. The molecular formula is C15H18FN3. The first-order valence-electron chi connectivity index (χ1n) is 6.82. The van der Waals surface area contributed by atoms with Gasteiger partial charge in [-0.1, -0.05) is 0 Å². The minimum atomic E-state index is -0.210. The monoisotopic (exact) mass is 259 g/mol. The number of rotatable bonds is 3. The van der Waals surface area contributed by atoms with Gasteiger partial charge in [-0.25, -0.2) is 9.37 Å². The first kappa shape index (κ1) is 12.4. The lowest BCUT2D eigenvalue weighted by Crippen LogP contribution is -2.28. The van der Waals surface area contributed by atoms with E-state index in [1.54, 1.807) is 12.1 Å². The van der Waals surface area contributed by atoms with Crippen LogP contribution in [0.15, 0.2) is 30.5 Å². The van der Waals surface area contributed by atoms with Crippen molar-refractivity contribution < 1.29 is 4.39 Å². The van der Waals surface area contributed by atoms with Crippen molar-refractivity contribution in [3.63, 3.8) is 0 Å². The Morgan fingerprint density at radius 2 is 1.89 bits per heavy atom. The van der Waals surface area contributed by atoms with Crippen molar-refractivity contribution in [3.8, 4) is 11.3 Å². The highest BCUT2D eigenvalue weighted by molar-refractivity contribution is 5.58. The van der Waals surface area contributed by atoms with E-state index in [4.69, 9.17) is 0 Å². The molecule has 0 bridgehead atoms. The third-order valence-electron chi connectivity index (χ3n) is 3.72. The minimum absolute atomic E-state index is 0.210. The van der Waals surface area contributed by atoms with Crippen LogP contribution >= 0.6 is 0 Å². The highest BCUT2D eigenvalue weighted by atomic mass is 19.1. The molecule has 0 spiro atoms. The number of hydrogen-bond donors (Lipinski definition) is 2. The molecule has 1 aliphatic rings. The summed E-state index contributed by atoms with van der Waals surface area (Å²) in [5.41, 5.74) is 1.94. The summed E-state index contributed by atoms with van der Waals surface area (Å²) in [6, 6.07) is 6.50. The molecule has 0 saturated carbocycles. The van der Waals surface area contributed by atoms with Crippen LogP contribution in [0.3, 0.4) is 0 Å². The van der Waals surface area contributed by atoms with Crippen molar-refractivity contribution in [2.75, 3.05) is 13.1 Å². The van der Waals surface area contributed by atoms with Gasteiger partial charge in [0.1, 0.15) is 11.6 Å². The summed E-state index contributed by atoms with van der Waals surface area (Å²) in [5, 5.41) is 3.37. The molecule has 3 rings (SSSR count). The lowest BCUT2D eigenvalue weighted by atomic mass is 9.94. The number of hydrogen-bond acceptors (Lipinski definition) is 2. The fraction of sp³-hybridized carbons (Fsp3) is 0.400. The number of imidazole rings is 1. The van der Waals surface area contributed by atoms with Crippen molar-refractivity contribution in [2.45, 2.75) is 19.3 Å². The minimum Gasteiger partial charge on any atom is -0.342 e. The van der Waals surface area contributed by atoms with Crippen LogP contribution in [0.4, 0.5) is 4.39 Å². The first-order chi connectivity index (χ1) is 9.31. The number of aromatic nitrogens is 2. The zero-order chi connectivity index (χ0) is 13.1. The topological polar surface area (TPSA) is 40.7 Å². The van der Waals surface area contributed by atoms with Crippen molar-refractivity contribution >= 4 is 0 Å². The highest BCUT2D eigenvalue weighted by Gasteiger charge is 2.15. The second kappa shape index (κ2) is 5.53. The van der Waals surface area contributed by atoms with Gasteiger partial charge < -0.3 is 10.3 Å². The zero-order valence-corrected chi connectivity index (χ0v) is 10.8. The van der Waals surface area contributed by atoms with Crippen LogP contribution in [0, 0.1) is 11.7 Å². The average Bonchev–Trinajstić information content (AvgIpc) is 2.89. The molecule has 1 aliphatic heterocycles. The Labute approximate surface area is 112 Å². The average molecular weight is 259 g/mol. The van der Waals surface area contributed by atoms with Gasteiger partial charge in [0.05, 0.1) is 11.9 Å². The zero-order valence-electron chi connectivity index (χ0n) is 10.8. The molecular weight excluding hydrogens is 241 g/mol. The fourth-order valence-corrected chi connectivity index (χ4v) is 2.60. The van der Waals surface area contributed by atoms with Crippen molar-refractivity contribution in [1.29, 1.82) is 0 Å². The van der Waals surface area contributed by atoms with E-state index in [0.29, 0.717) is 5.92 Å². The summed E-state index contributed by atoms with van der Waals surface area (Å²) in [5.74, 6) is 1.54. The summed E-state index contributed by atoms with van der Waals surface area (Å²) >= 11 is 0. The molecule has 3 nitrogen and oxygen atoms in total. The molecule has 2 N–H and O–H groups in total. The molecule has 1 fully saturated rings. The molecule has 0 radical (unpaired) electrons. The Kier molecular flexibility index (Phi) is 3.60. The molecule has 1 saturated heterocycles. The Balaban J connectivity index is 1.70. The van der Waals surface area contributed by atoms with E-state index in [2.05, 4.69) is 15.3 Å². The summed E-state index contributed by atoms with van der Waals surface area (Å²) in [6.45, 7) is 2.21. The number of nitrogens with zero attached hydrogens (tertiary/aromatic N) is 1.